The highest BCUT2D eigenvalue weighted by Gasteiger charge is 2.33. The van der Waals surface area contributed by atoms with E-state index in [1.807, 2.05) is 7.05 Å². The number of hydrogen-bond donors (Lipinski definition) is 1. The summed E-state index contributed by atoms with van der Waals surface area (Å²) in [6.07, 6.45) is 8.52. The van der Waals surface area contributed by atoms with Crippen LogP contribution in [-0.2, 0) is 13.1 Å². The van der Waals surface area contributed by atoms with Crippen molar-refractivity contribution in [2.45, 2.75) is 64.6 Å². The molecule has 0 aromatic carbocycles. The molecule has 112 valence electrons. The fourth-order valence-electron chi connectivity index (χ4n) is 4.13. The van der Waals surface area contributed by atoms with Crippen molar-refractivity contribution in [1.29, 1.82) is 0 Å². The molecule has 0 spiro atoms. The monoisotopic (exact) mass is 276 g/mol. The number of aryl methyl sites for hydroxylation is 1. The fraction of sp³-hybridized carbons (Fsp3) is 0.765. The lowest BCUT2D eigenvalue weighted by Gasteiger charge is -2.43. The highest BCUT2D eigenvalue weighted by Crippen LogP contribution is 2.36. The Morgan fingerprint density at radius 1 is 1.25 bits per heavy atom. The minimum atomic E-state index is 0.815. The van der Waals surface area contributed by atoms with Crippen LogP contribution in [0.25, 0.3) is 0 Å². The molecule has 1 saturated carbocycles. The largest absolute Gasteiger partial charge is 0.463 e. The van der Waals surface area contributed by atoms with Gasteiger partial charge in [0, 0.05) is 6.04 Å². The van der Waals surface area contributed by atoms with Crippen LogP contribution < -0.4 is 5.32 Å². The lowest BCUT2D eigenvalue weighted by atomic mass is 9.78. The molecule has 2 heterocycles. The van der Waals surface area contributed by atoms with E-state index < -0.39 is 0 Å². The third-order valence-electron chi connectivity index (χ3n) is 5.13. The minimum absolute atomic E-state index is 0.815. The number of piperidine rings is 1. The predicted octanol–water partition coefficient (Wildman–Crippen LogP) is 3.46. The molecule has 2 fully saturated rings. The second-order valence-electron chi connectivity index (χ2n) is 6.57. The van der Waals surface area contributed by atoms with Gasteiger partial charge in [-0.3, -0.25) is 4.90 Å². The molecule has 1 saturated heterocycles. The Labute approximate surface area is 122 Å². The zero-order chi connectivity index (χ0) is 13.9. The van der Waals surface area contributed by atoms with E-state index in [0.29, 0.717) is 0 Å². The van der Waals surface area contributed by atoms with E-state index >= 15 is 0 Å². The summed E-state index contributed by atoms with van der Waals surface area (Å²) in [6, 6.07) is 3.05. The Morgan fingerprint density at radius 3 is 2.90 bits per heavy atom. The summed E-state index contributed by atoms with van der Waals surface area (Å²) in [5.74, 6) is 3.20. The van der Waals surface area contributed by atoms with Gasteiger partial charge < -0.3 is 9.73 Å². The van der Waals surface area contributed by atoms with E-state index in [1.165, 1.54) is 50.6 Å². The first kappa shape index (κ1) is 14.2. The van der Waals surface area contributed by atoms with Crippen molar-refractivity contribution < 1.29 is 4.42 Å². The highest BCUT2D eigenvalue weighted by atomic mass is 16.3. The molecule has 1 N–H and O–H groups in total. The van der Waals surface area contributed by atoms with Crippen LogP contribution in [0, 0.1) is 12.8 Å². The minimum Gasteiger partial charge on any atom is -0.463 e. The Bertz CT molecular complexity index is 438. The van der Waals surface area contributed by atoms with Gasteiger partial charge >= 0.3 is 0 Å². The third-order valence-corrected chi connectivity index (χ3v) is 5.13. The van der Waals surface area contributed by atoms with Crippen molar-refractivity contribution in [2.24, 2.45) is 5.92 Å². The van der Waals surface area contributed by atoms with Gasteiger partial charge in [0.1, 0.15) is 11.5 Å². The summed E-state index contributed by atoms with van der Waals surface area (Å²) in [4.78, 5) is 2.69. The van der Waals surface area contributed by atoms with Crippen molar-refractivity contribution in [3.05, 3.63) is 23.2 Å². The first-order valence-electron chi connectivity index (χ1n) is 8.24. The van der Waals surface area contributed by atoms with Gasteiger partial charge in [0.2, 0.25) is 0 Å². The Kier molecular flexibility index (Phi) is 4.47. The molecule has 0 unspecified atom stereocenters. The van der Waals surface area contributed by atoms with Gasteiger partial charge in [-0.25, -0.2) is 0 Å². The molecule has 3 heteroatoms. The summed E-state index contributed by atoms with van der Waals surface area (Å²) in [6.45, 7) is 5.24. The molecule has 0 radical (unpaired) electrons. The molecule has 1 aromatic rings. The van der Waals surface area contributed by atoms with Gasteiger partial charge in [0.15, 0.2) is 0 Å². The molecule has 2 aliphatic rings. The molecular weight excluding hydrogens is 248 g/mol. The average Bonchev–Trinajstić information content (AvgIpc) is 2.80. The lowest BCUT2D eigenvalue weighted by Crippen LogP contribution is -2.46. The van der Waals surface area contributed by atoms with Crippen LogP contribution in [0.4, 0.5) is 0 Å². The summed E-state index contributed by atoms with van der Waals surface area (Å²) in [5.41, 5.74) is 1.28. The van der Waals surface area contributed by atoms with Gasteiger partial charge in [-0.05, 0) is 63.7 Å². The second kappa shape index (κ2) is 6.31. The Balaban J connectivity index is 1.68. The van der Waals surface area contributed by atoms with Crippen LogP contribution in [0.2, 0.25) is 0 Å². The number of likely N-dealkylation sites (tertiary alicyclic amines) is 1. The van der Waals surface area contributed by atoms with E-state index in [9.17, 15) is 0 Å². The van der Waals surface area contributed by atoms with Crippen LogP contribution in [-0.4, -0.2) is 24.5 Å². The molecular formula is C17H28N2O. The first-order chi connectivity index (χ1) is 9.78. The highest BCUT2D eigenvalue weighted by molar-refractivity contribution is 5.20. The third kappa shape index (κ3) is 2.94. The molecule has 1 aliphatic carbocycles. The van der Waals surface area contributed by atoms with E-state index in [-0.39, 0.29) is 0 Å². The number of furan rings is 1. The number of nitrogens with zero attached hydrogens (tertiary/aromatic N) is 1. The first-order valence-corrected chi connectivity index (χ1v) is 8.24. The predicted molar refractivity (Wildman–Crippen MR) is 81.6 cm³/mol. The van der Waals surface area contributed by atoms with Gasteiger partial charge in [-0.1, -0.05) is 12.8 Å². The number of rotatable bonds is 4. The molecule has 20 heavy (non-hydrogen) atoms. The van der Waals surface area contributed by atoms with Crippen LogP contribution in [0.3, 0.4) is 0 Å². The molecule has 0 amide bonds. The smallest absolute Gasteiger partial charge is 0.120 e. The van der Waals surface area contributed by atoms with Crippen molar-refractivity contribution in [3.8, 4) is 0 Å². The van der Waals surface area contributed by atoms with Gasteiger partial charge in [-0.2, -0.15) is 0 Å². The quantitative estimate of drug-likeness (QED) is 0.913. The molecule has 3 nitrogen and oxygen atoms in total. The van der Waals surface area contributed by atoms with E-state index in [0.717, 1.165) is 36.6 Å². The molecule has 0 bridgehead atoms. The van der Waals surface area contributed by atoms with Crippen LogP contribution >= 0.6 is 0 Å². The van der Waals surface area contributed by atoms with Gasteiger partial charge in [0.25, 0.3) is 0 Å². The summed E-state index contributed by atoms with van der Waals surface area (Å²) < 4.78 is 6.03. The lowest BCUT2D eigenvalue weighted by molar-refractivity contribution is 0.0492. The van der Waals surface area contributed by atoms with E-state index in [4.69, 9.17) is 4.42 Å². The second-order valence-corrected chi connectivity index (χ2v) is 6.57. The topological polar surface area (TPSA) is 28.4 Å². The molecule has 1 aliphatic heterocycles. The zero-order valence-corrected chi connectivity index (χ0v) is 13.0. The fourth-order valence-corrected chi connectivity index (χ4v) is 4.13. The Hall–Kier alpha value is -0.800. The maximum Gasteiger partial charge on any atom is 0.120 e. The average molecular weight is 276 g/mol. The SMILES string of the molecule is CNCc1oc(CN2CCC[C@H]3CCCC[C@H]32)cc1C. The molecule has 3 rings (SSSR count). The normalized spacial score (nSPS) is 27.5. The van der Waals surface area contributed by atoms with Crippen molar-refractivity contribution in [1.82, 2.24) is 10.2 Å². The van der Waals surface area contributed by atoms with Gasteiger partial charge in [0.05, 0.1) is 13.1 Å². The summed E-state index contributed by atoms with van der Waals surface area (Å²) in [7, 11) is 1.97. The van der Waals surface area contributed by atoms with Crippen LogP contribution in [0.5, 0.6) is 0 Å². The summed E-state index contributed by atoms with van der Waals surface area (Å²) >= 11 is 0. The molecule has 1 aromatic heterocycles. The van der Waals surface area contributed by atoms with E-state index in [1.54, 1.807) is 0 Å². The zero-order valence-electron chi connectivity index (χ0n) is 13.0. The van der Waals surface area contributed by atoms with E-state index in [2.05, 4.69) is 23.2 Å². The maximum absolute atomic E-state index is 6.03. The number of hydrogen-bond acceptors (Lipinski definition) is 3. The number of nitrogens with one attached hydrogen (secondary N) is 1. The summed E-state index contributed by atoms with van der Waals surface area (Å²) in [5, 5.41) is 3.18. The van der Waals surface area contributed by atoms with Crippen molar-refractivity contribution >= 4 is 0 Å². The Morgan fingerprint density at radius 2 is 2.05 bits per heavy atom. The number of fused-ring (bicyclic) bond motifs is 1. The van der Waals surface area contributed by atoms with Gasteiger partial charge in [-0.15, -0.1) is 0 Å². The molecule has 2 atom stereocenters. The van der Waals surface area contributed by atoms with Crippen LogP contribution in [0.15, 0.2) is 10.5 Å². The maximum atomic E-state index is 6.03. The standard InChI is InChI=1S/C17H28N2O/c1-13-10-15(20-17(13)11-18-2)12-19-9-5-7-14-6-3-4-8-16(14)19/h10,14,16,18H,3-9,11-12H2,1-2H3/t14-,16-/m1/s1. The van der Waals surface area contributed by atoms with Crippen molar-refractivity contribution in [2.75, 3.05) is 13.6 Å². The van der Waals surface area contributed by atoms with Crippen LogP contribution in [0.1, 0.15) is 55.6 Å². The van der Waals surface area contributed by atoms with Crippen molar-refractivity contribution in [3.63, 3.8) is 0 Å².